The molecule has 0 aromatic carbocycles. The number of hydrogen-bond acceptors (Lipinski definition) is 3. The third-order valence-electron chi connectivity index (χ3n) is 3.92. The third kappa shape index (κ3) is 2.20. The standard InChI is InChI=1S/C12H19NO3/c1-2-9-4-3-6-12(7-5-9)8-10(11(14)15)13-16-12/h9H,2-8H2,1H3,(H,14,15). The van der Waals surface area contributed by atoms with Gasteiger partial charge in [-0.15, -0.1) is 0 Å². The topological polar surface area (TPSA) is 58.9 Å². The molecule has 1 saturated carbocycles. The van der Waals surface area contributed by atoms with Gasteiger partial charge in [0.05, 0.1) is 0 Å². The first-order valence-corrected chi connectivity index (χ1v) is 6.13. The monoisotopic (exact) mass is 225 g/mol. The zero-order valence-corrected chi connectivity index (χ0v) is 9.74. The summed E-state index contributed by atoms with van der Waals surface area (Å²) in [6.45, 7) is 2.22. The number of aliphatic carboxylic acids is 1. The first-order chi connectivity index (χ1) is 7.65. The van der Waals surface area contributed by atoms with E-state index in [-0.39, 0.29) is 11.3 Å². The van der Waals surface area contributed by atoms with Crippen LogP contribution in [-0.4, -0.2) is 22.4 Å². The van der Waals surface area contributed by atoms with Gasteiger partial charge in [-0.2, -0.15) is 0 Å². The minimum Gasteiger partial charge on any atom is -0.477 e. The average molecular weight is 225 g/mol. The zero-order chi connectivity index (χ0) is 11.6. The van der Waals surface area contributed by atoms with Crippen molar-refractivity contribution in [2.45, 2.75) is 57.5 Å². The van der Waals surface area contributed by atoms with Gasteiger partial charge in [0.25, 0.3) is 0 Å². The molecule has 0 saturated heterocycles. The van der Waals surface area contributed by atoms with Crippen LogP contribution in [0, 0.1) is 5.92 Å². The second kappa shape index (κ2) is 4.44. The van der Waals surface area contributed by atoms with Crippen LogP contribution in [0.25, 0.3) is 0 Å². The van der Waals surface area contributed by atoms with Gasteiger partial charge < -0.3 is 9.94 Å². The fraction of sp³-hybridized carbons (Fsp3) is 0.833. The molecule has 4 nitrogen and oxygen atoms in total. The van der Waals surface area contributed by atoms with Crippen LogP contribution in [0.3, 0.4) is 0 Å². The van der Waals surface area contributed by atoms with Crippen molar-refractivity contribution in [2.75, 3.05) is 0 Å². The van der Waals surface area contributed by atoms with E-state index in [1.165, 1.54) is 12.8 Å². The maximum atomic E-state index is 10.8. The molecule has 0 radical (unpaired) electrons. The van der Waals surface area contributed by atoms with Crippen LogP contribution in [0.1, 0.15) is 51.9 Å². The summed E-state index contributed by atoms with van der Waals surface area (Å²) in [6, 6.07) is 0. The Morgan fingerprint density at radius 1 is 1.56 bits per heavy atom. The van der Waals surface area contributed by atoms with Crippen LogP contribution in [0.4, 0.5) is 0 Å². The minimum absolute atomic E-state index is 0.190. The Kier molecular flexibility index (Phi) is 3.17. The van der Waals surface area contributed by atoms with Gasteiger partial charge in [-0.25, -0.2) is 4.79 Å². The van der Waals surface area contributed by atoms with Gasteiger partial charge in [-0.3, -0.25) is 0 Å². The Morgan fingerprint density at radius 2 is 2.38 bits per heavy atom. The first-order valence-electron chi connectivity index (χ1n) is 6.13. The highest BCUT2D eigenvalue weighted by Gasteiger charge is 2.42. The first kappa shape index (κ1) is 11.4. The van der Waals surface area contributed by atoms with Gasteiger partial charge in [0, 0.05) is 6.42 Å². The maximum Gasteiger partial charge on any atom is 0.353 e. The van der Waals surface area contributed by atoms with Crippen molar-refractivity contribution in [3.05, 3.63) is 0 Å². The number of carboxylic acid groups (broad SMARTS) is 1. The van der Waals surface area contributed by atoms with Gasteiger partial charge in [0.2, 0.25) is 0 Å². The van der Waals surface area contributed by atoms with E-state index in [1.807, 2.05) is 0 Å². The summed E-state index contributed by atoms with van der Waals surface area (Å²) < 4.78 is 0. The van der Waals surface area contributed by atoms with Crippen LogP contribution in [0.15, 0.2) is 5.16 Å². The lowest BCUT2D eigenvalue weighted by Gasteiger charge is -2.24. The molecule has 16 heavy (non-hydrogen) atoms. The van der Waals surface area contributed by atoms with Gasteiger partial charge in [-0.05, 0) is 31.6 Å². The maximum absolute atomic E-state index is 10.8. The van der Waals surface area contributed by atoms with E-state index in [1.54, 1.807) is 0 Å². The fourth-order valence-electron chi connectivity index (χ4n) is 2.76. The van der Waals surface area contributed by atoms with Crippen LogP contribution in [0.2, 0.25) is 0 Å². The lowest BCUT2D eigenvalue weighted by atomic mass is 9.88. The molecule has 90 valence electrons. The Balaban J connectivity index is 1.98. The van der Waals surface area contributed by atoms with Gasteiger partial charge in [0.15, 0.2) is 5.71 Å². The van der Waals surface area contributed by atoms with E-state index in [2.05, 4.69) is 12.1 Å². The Labute approximate surface area is 95.7 Å². The molecule has 0 bridgehead atoms. The number of rotatable bonds is 2. The number of hydrogen-bond donors (Lipinski definition) is 1. The molecule has 0 aromatic heterocycles. The van der Waals surface area contributed by atoms with Crippen LogP contribution >= 0.6 is 0 Å². The van der Waals surface area contributed by atoms with Gasteiger partial charge >= 0.3 is 5.97 Å². The highest BCUT2D eigenvalue weighted by atomic mass is 16.7. The Hall–Kier alpha value is -1.06. The summed E-state index contributed by atoms with van der Waals surface area (Å²) in [5.41, 5.74) is -0.104. The highest BCUT2D eigenvalue weighted by molar-refractivity contribution is 6.36. The van der Waals surface area contributed by atoms with Crippen molar-refractivity contribution in [3.8, 4) is 0 Å². The molecule has 1 aliphatic heterocycles. The van der Waals surface area contributed by atoms with Crippen LogP contribution in [-0.2, 0) is 9.63 Å². The van der Waals surface area contributed by atoms with Crippen molar-refractivity contribution in [3.63, 3.8) is 0 Å². The molecule has 2 atom stereocenters. The summed E-state index contributed by atoms with van der Waals surface area (Å²) >= 11 is 0. The molecule has 2 aliphatic rings. The third-order valence-corrected chi connectivity index (χ3v) is 3.92. The number of nitrogens with zero attached hydrogens (tertiary/aromatic N) is 1. The summed E-state index contributed by atoms with van der Waals surface area (Å²) in [7, 11) is 0. The Bertz CT molecular complexity index is 313. The molecule has 0 aromatic rings. The van der Waals surface area contributed by atoms with E-state index in [9.17, 15) is 4.79 Å². The molecule has 1 spiro atoms. The Morgan fingerprint density at radius 3 is 3.00 bits per heavy atom. The quantitative estimate of drug-likeness (QED) is 0.785. The van der Waals surface area contributed by atoms with Crippen molar-refractivity contribution in [1.82, 2.24) is 0 Å². The molecule has 1 aliphatic carbocycles. The molecule has 1 N–H and O–H groups in total. The highest BCUT2D eigenvalue weighted by Crippen LogP contribution is 2.39. The van der Waals surface area contributed by atoms with Crippen LogP contribution in [0.5, 0.6) is 0 Å². The lowest BCUT2D eigenvalue weighted by molar-refractivity contribution is -0.129. The molecule has 0 amide bonds. The summed E-state index contributed by atoms with van der Waals surface area (Å²) in [6.07, 6.45) is 7.10. The van der Waals surface area contributed by atoms with E-state index in [0.29, 0.717) is 6.42 Å². The second-order valence-electron chi connectivity index (χ2n) is 5.00. The minimum atomic E-state index is -0.937. The number of carbonyl (C=O) groups is 1. The van der Waals surface area contributed by atoms with Crippen molar-refractivity contribution >= 4 is 11.7 Å². The van der Waals surface area contributed by atoms with Gasteiger partial charge in [-0.1, -0.05) is 24.9 Å². The van der Waals surface area contributed by atoms with Gasteiger partial charge in [0.1, 0.15) is 5.60 Å². The second-order valence-corrected chi connectivity index (χ2v) is 5.00. The summed E-state index contributed by atoms with van der Waals surface area (Å²) in [5, 5.41) is 12.6. The van der Waals surface area contributed by atoms with Crippen molar-refractivity contribution < 1.29 is 14.7 Å². The SMILES string of the molecule is CCC1CCCC2(CC1)CC(C(=O)O)=NO2. The molecule has 4 heteroatoms. The lowest BCUT2D eigenvalue weighted by Crippen LogP contribution is -2.29. The van der Waals surface area contributed by atoms with Crippen LogP contribution < -0.4 is 0 Å². The van der Waals surface area contributed by atoms with Crippen molar-refractivity contribution in [1.29, 1.82) is 0 Å². The molecule has 1 fully saturated rings. The normalized spacial score (nSPS) is 34.3. The molecule has 1 heterocycles. The smallest absolute Gasteiger partial charge is 0.353 e. The predicted molar refractivity (Wildman–Crippen MR) is 60.4 cm³/mol. The van der Waals surface area contributed by atoms with E-state index < -0.39 is 5.97 Å². The van der Waals surface area contributed by atoms with E-state index in [0.717, 1.165) is 31.6 Å². The fourth-order valence-corrected chi connectivity index (χ4v) is 2.76. The average Bonchev–Trinajstić information content (AvgIpc) is 2.56. The number of carboxylic acids is 1. The predicted octanol–water partition coefficient (Wildman–Crippen LogP) is 2.58. The van der Waals surface area contributed by atoms with E-state index in [4.69, 9.17) is 9.94 Å². The molecule has 2 unspecified atom stereocenters. The molecule has 2 rings (SSSR count). The summed E-state index contributed by atoms with van der Waals surface area (Å²) in [5.74, 6) is -0.162. The zero-order valence-electron chi connectivity index (χ0n) is 9.74. The summed E-state index contributed by atoms with van der Waals surface area (Å²) in [4.78, 5) is 16.3. The molecular weight excluding hydrogens is 206 g/mol. The number of oxime groups is 1. The largest absolute Gasteiger partial charge is 0.477 e. The molecular formula is C12H19NO3. The van der Waals surface area contributed by atoms with E-state index >= 15 is 0 Å². The van der Waals surface area contributed by atoms with Crippen molar-refractivity contribution in [2.24, 2.45) is 11.1 Å².